The summed E-state index contributed by atoms with van der Waals surface area (Å²) < 4.78 is 10.1. The van der Waals surface area contributed by atoms with Crippen molar-refractivity contribution in [1.29, 1.82) is 0 Å². The summed E-state index contributed by atoms with van der Waals surface area (Å²) >= 11 is 0. The van der Waals surface area contributed by atoms with Crippen molar-refractivity contribution < 1.29 is 9.15 Å². The number of hydrogen-bond donors (Lipinski definition) is 1. The van der Waals surface area contributed by atoms with Gasteiger partial charge in [-0.25, -0.2) is 9.89 Å². The van der Waals surface area contributed by atoms with Crippen LogP contribution in [-0.4, -0.2) is 17.3 Å². The molecule has 1 N–H and O–H groups in total. The van der Waals surface area contributed by atoms with Crippen molar-refractivity contribution in [2.75, 3.05) is 7.11 Å². The van der Waals surface area contributed by atoms with Crippen LogP contribution < -0.4 is 5.76 Å². The molecule has 1 aromatic carbocycles. The zero-order chi connectivity index (χ0) is 10.7. The molecule has 1 aromatic heterocycles. The van der Waals surface area contributed by atoms with Crippen LogP contribution in [0.25, 0.3) is 0 Å². The summed E-state index contributed by atoms with van der Waals surface area (Å²) in [6.45, 7) is 0. The molecule has 0 bridgehead atoms. The highest BCUT2D eigenvalue weighted by atomic mass is 16.5. The second kappa shape index (κ2) is 4.10. The van der Waals surface area contributed by atoms with E-state index in [1.54, 1.807) is 0 Å². The van der Waals surface area contributed by atoms with Gasteiger partial charge in [0.1, 0.15) is 0 Å². The van der Waals surface area contributed by atoms with Crippen LogP contribution in [0.4, 0.5) is 0 Å². The lowest BCUT2D eigenvalue weighted by molar-refractivity contribution is 0.110. The van der Waals surface area contributed by atoms with Crippen molar-refractivity contribution >= 4 is 0 Å². The second-order valence-corrected chi connectivity index (χ2v) is 2.98. The summed E-state index contributed by atoms with van der Waals surface area (Å²) in [5, 5.41) is 5.94. The van der Waals surface area contributed by atoms with Gasteiger partial charge >= 0.3 is 5.76 Å². The van der Waals surface area contributed by atoms with Crippen molar-refractivity contribution in [1.82, 2.24) is 10.2 Å². The van der Waals surface area contributed by atoms with Gasteiger partial charge in [0.25, 0.3) is 5.89 Å². The number of methoxy groups -OCH3 is 1. The van der Waals surface area contributed by atoms with Gasteiger partial charge in [-0.1, -0.05) is 30.3 Å². The highest BCUT2D eigenvalue weighted by Crippen LogP contribution is 2.21. The van der Waals surface area contributed by atoms with Crippen LogP contribution in [0.1, 0.15) is 17.6 Å². The predicted octanol–water partition coefficient (Wildman–Crippen LogP) is 1.10. The van der Waals surface area contributed by atoms with Gasteiger partial charge in [0.05, 0.1) is 0 Å². The molecule has 5 nitrogen and oxygen atoms in total. The summed E-state index contributed by atoms with van der Waals surface area (Å²) in [5.74, 6) is -0.350. The van der Waals surface area contributed by atoms with Crippen LogP contribution in [0, 0.1) is 0 Å². The maximum absolute atomic E-state index is 10.8. The Labute approximate surface area is 85.7 Å². The molecule has 0 aliphatic carbocycles. The summed E-state index contributed by atoms with van der Waals surface area (Å²) in [6.07, 6.45) is -0.454. The summed E-state index contributed by atoms with van der Waals surface area (Å²) in [5.41, 5.74) is 0.884. The fourth-order valence-electron chi connectivity index (χ4n) is 1.36. The molecule has 2 aromatic rings. The Kier molecular flexibility index (Phi) is 2.64. The molecule has 0 spiro atoms. The first kappa shape index (κ1) is 9.67. The van der Waals surface area contributed by atoms with E-state index < -0.39 is 11.9 Å². The number of rotatable bonds is 3. The fourth-order valence-corrected chi connectivity index (χ4v) is 1.36. The first-order chi connectivity index (χ1) is 7.31. The van der Waals surface area contributed by atoms with E-state index in [4.69, 9.17) is 9.15 Å². The molecular formula is C10H10N2O3. The summed E-state index contributed by atoms with van der Waals surface area (Å²) in [6, 6.07) is 9.42. The predicted molar refractivity (Wildman–Crippen MR) is 52.4 cm³/mol. The molecule has 0 saturated heterocycles. The van der Waals surface area contributed by atoms with E-state index in [2.05, 4.69) is 10.2 Å². The summed E-state index contributed by atoms with van der Waals surface area (Å²) in [7, 11) is 1.53. The zero-order valence-electron chi connectivity index (χ0n) is 8.14. The van der Waals surface area contributed by atoms with Gasteiger partial charge in [-0.3, -0.25) is 0 Å². The molecule has 2 rings (SSSR count). The van der Waals surface area contributed by atoms with E-state index in [-0.39, 0.29) is 5.89 Å². The molecule has 1 atom stereocenters. The van der Waals surface area contributed by atoms with Crippen LogP contribution in [0.5, 0.6) is 0 Å². The lowest BCUT2D eigenvalue weighted by Gasteiger charge is -2.10. The Morgan fingerprint density at radius 3 is 2.67 bits per heavy atom. The summed E-state index contributed by atoms with van der Waals surface area (Å²) in [4.78, 5) is 10.8. The number of nitrogens with one attached hydrogen (secondary N) is 1. The Morgan fingerprint density at radius 2 is 2.13 bits per heavy atom. The average Bonchev–Trinajstić information content (AvgIpc) is 2.68. The first-order valence-corrected chi connectivity index (χ1v) is 4.44. The molecule has 0 aliphatic rings. The lowest BCUT2D eigenvalue weighted by atomic mass is 10.1. The first-order valence-electron chi connectivity index (χ1n) is 4.44. The minimum Gasteiger partial charge on any atom is -0.389 e. The Morgan fingerprint density at radius 1 is 1.40 bits per heavy atom. The largest absolute Gasteiger partial charge is 0.434 e. The van der Waals surface area contributed by atoms with Gasteiger partial charge in [-0.15, -0.1) is 5.10 Å². The fraction of sp³-hybridized carbons (Fsp3) is 0.200. The van der Waals surface area contributed by atoms with Crippen LogP contribution in [-0.2, 0) is 4.74 Å². The molecule has 0 saturated carbocycles. The van der Waals surface area contributed by atoms with Crippen LogP contribution >= 0.6 is 0 Å². The van der Waals surface area contributed by atoms with Crippen molar-refractivity contribution in [2.45, 2.75) is 6.10 Å². The van der Waals surface area contributed by atoms with Gasteiger partial charge in [-0.05, 0) is 5.56 Å². The molecule has 0 aliphatic heterocycles. The molecule has 0 fully saturated rings. The molecule has 15 heavy (non-hydrogen) atoms. The zero-order valence-corrected chi connectivity index (χ0v) is 8.14. The molecule has 5 heteroatoms. The molecular weight excluding hydrogens is 196 g/mol. The van der Waals surface area contributed by atoms with E-state index in [1.807, 2.05) is 30.3 Å². The van der Waals surface area contributed by atoms with Crippen molar-refractivity contribution in [3.8, 4) is 0 Å². The minimum absolute atomic E-state index is 0.230. The number of benzene rings is 1. The maximum Gasteiger partial charge on any atom is 0.434 e. The van der Waals surface area contributed by atoms with E-state index >= 15 is 0 Å². The van der Waals surface area contributed by atoms with Gasteiger partial charge in [-0.2, -0.15) is 0 Å². The van der Waals surface area contributed by atoms with Crippen molar-refractivity contribution in [2.24, 2.45) is 0 Å². The Hall–Kier alpha value is -1.88. The number of ether oxygens (including phenoxy) is 1. The van der Waals surface area contributed by atoms with E-state index in [1.165, 1.54) is 7.11 Å². The third-order valence-electron chi connectivity index (χ3n) is 2.02. The van der Waals surface area contributed by atoms with Crippen molar-refractivity contribution in [3.63, 3.8) is 0 Å². The van der Waals surface area contributed by atoms with E-state index in [9.17, 15) is 4.79 Å². The van der Waals surface area contributed by atoms with Crippen LogP contribution in [0.15, 0.2) is 39.5 Å². The molecule has 0 amide bonds. The van der Waals surface area contributed by atoms with Gasteiger partial charge in [0, 0.05) is 7.11 Å². The number of hydrogen-bond acceptors (Lipinski definition) is 4. The van der Waals surface area contributed by atoms with Crippen LogP contribution in [0.2, 0.25) is 0 Å². The smallest absolute Gasteiger partial charge is 0.389 e. The number of aromatic amines is 1. The number of nitrogens with zero attached hydrogens (tertiary/aromatic N) is 1. The highest BCUT2D eigenvalue weighted by Gasteiger charge is 2.18. The normalized spacial score (nSPS) is 12.6. The second-order valence-electron chi connectivity index (χ2n) is 2.98. The third kappa shape index (κ3) is 1.97. The van der Waals surface area contributed by atoms with Gasteiger partial charge < -0.3 is 9.15 Å². The molecule has 0 radical (unpaired) electrons. The molecule has 78 valence electrons. The SMILES string of the molecule is COC(c1ccccc1)c1n[nH]c(=O)o1. The maximum atomic E-state index is 10.8. The van der Waals surface area contributed by atoms with Gasteiger partial charge in [0.15, 0.2) is 6.10 Å². The van der Waals surface area contributed by atoms with E-state index in [0.717, 1.165) is 5.56 Å². The number of H-pyrrole nitrogens is 1. The topological polar surface area (TPSA) is 68.1 Å². The lowest BCUT2D eigenvalue weighted by Crippen LogP contribution is -2.03. The van der Waals surface area contributed by atoms with Crippen molar-refractivity contribution in [3.05, 3.63) is 52.3 Å². The van der Waals surface area contributed by atoms with Gasteiger partial charge in [0.2, 0.25) is 0 Å². The molecule has 1 heterocycles. The Bertz CT molecular complexity index is 475. The minimum atomic E-state index is -0.581. The third-order valence-corrected chi connectivity index (χ3v) is 2.02. The number of aromatic nitrogens is 2. The highest BCUT2D eigenvalue weighted by molar-refractivity contribution is 5.21. The Balaban J connectivity index is 2.37. The average molecular weight is 206 g/mol. The molecule has 1 unspecified atom stereocenters. The standard InChI is InChI=1S/C10H10N2O3/c1-14-8(7-5-3-2-4-6-7)9-11-12-10(13)15-9/h2-6,8H,1H3,(H,12,13). The quantitative estimate of drug-likeness (QED) is 0.816. The monoisotopic (exact) mass is 206 g/mol. The van der Waals surface area contributed by atoms with Crippen LogP contribution in [0.3, 0.4) is 0 Å². The van der Waals surface area contributed by atoms with E-state index in [0.29, 0.717) is 0 Å².